The Morgan fingerprint density at radius 1 is 1.35 bits per heavy atom. The van der Waals surface area contributed by atoms with Gasteiger partial charge >= 0.3 is 6.18 Å². The fourth-order valence-corrected chi connectivity index (χ4v) is 3.04. The Balaban J connectivity index is 1.74. The topological polar surface area (TPSA) is 44.9 Å². The molecule has 0 bridgehead atoms. The quantitative estimate of drug-likeness (QED) is 0.851. The Kier molecular flexibility index (Phi) is 3.83. The van der Waals surface area contributed by atoms with E-state index >= 15 is 0 Å². The molecule has 0 atom stereocenters. The second-order valence-corrected chi connectivity index (χ2v) is 6.35. The normalized spacial score (nSPS) is 16.6. The Hall–Kier alpha value is -1.69. The van der Waals surface area contributed by atoms with E-state index in [4.69, 9.17) is 11.6 Å². The second kappa shape index (κ2) is 5.44. The van der Waals surface area contributed by atoms with Crippen molar-refractivity contribution in [3.8, 4) is 0 Å². The first-order valence-corrected chi connectivity index (χ1v) is 7.79. The molecule has 1 saturated carbocycles. The maximum atomic E-state index is 12.9. The van der Waals surface area contributed by atoms with Gasteiger partial charge in [0.2, 0.25) is 5.91 Å². The highest BCUT2D eigenvalue weighted by Gasteiger charge is 2.68. The number of carbonyl (C=O) groups is 1. The van der Waals surface area contributed by atoms with Crippen LogP contribution in [0.1, 0.15) is 31.0 Å². The summed E-state index contributed by atoms with van der Waals surface area (Å²) in [5.41, 5.74) is 0.311. The van der Waals surface area contributed by atoms with Crippen molar-refractivity contribution in [2.45, 2.75) is 38.9 Å². The second-order valence-electron chi connectivity index (χ2n) is 5.94. The summed E-state index contributed by atoms with van der Waals surface area (Å²) < 4.78 is 38.7. The molecule has 3 nitrogen and oxygen atoms in total. The number of carbonyl (C=O) groups excluding carboxylic acids is 1. The maximum absolute atomic E-state index is 12.9. The van der Waals surface area contributed by atoms with Crippen molar-refractivity contribution in [1.82, 2.24) is 10.3 Å². The molecule has 1 aromatic heterocycles. The molecule has 0 saturated heterocycles. The first-order valence-electron chi connectivity index (χ1n) is 7.42. The summed E-state index contributed by atoms with van der Waals surface area (Å²) in [5.74, 6) is -0.948. The Morgan fingerprint density at radius 2 is 2.04 bits per heavy atom. The Morgan fingerprint density at radius 3 is 2.61 bits per heavy atom. The largest absolute Gasteiger partial charge is 0.403 e. The van der Waals surface area contributed by atoms with Gasteiger partial charge in [0, 0.05) is 21.6 Å². The molecule has 2 N–H and O–H groups in total. The molecule has 7 heteroatoms. The number of H-pyrrole nitrogens is 1. The minimum Gasteiger partial charge on any atom is -0.357 e. The minimum atomic E-state index is -4.49. The van der Waals surface area contributed by atoms with Gasteiger partial charge in [0.25, 0.3) is 0 Å². The first-order chi connectivity index (χ1) is 10.8. The van der Waals surface area contributed by atoms with Gasteiger partial charge in [-0.1, -0.05) is 18.5 Å². The van der Waals surface area contributed by atoms with Crippen LogP contribution in [-0.2, 0) is 17.8 Å². The lowest BCUT2D eigenvalue weighted by Gasteiger charge is -2.18. The number of rotatable bonds is 4. The van der Waals surface area contributed by atoms with Crippen LogP contribution >= 0.6 is 11.6 Å². The van der Waals surface area contributed by atoms with Crippen molar-refractivity contribution in [3.05, 3.63) is 34.5 Å². The number of amides is 1. The lowest BCUT2D eigenvalue weighted by molar-refractivity contribution is -0.192. The molecule has 0 aliphatic heterocycles. The third-order valence-corrected chi connectivity index (χ3v) is 4.74. The van der Waals surface area contributed by atoms with Gasteiger partial charge in [0.05, 0.1) is 6.54 Å². The summed E-state index contributed by atoms with van der Waals surface area (Å²) in [4.78, 5) is 15.0. The fourth-order valence-electron chi connectivity index (χ4n) is 2.73. The number of halogens is 4. The lowest BCUT2D eigenvalue weighted by atomic mass is 10.1. The van der Waals surface area contributed by atoms with Crippen molar-refractivity contribution in [3.63, 3.8) is 0 Å². The molecule has 1 heterocycles. The highest BCUT2D eigenvalue weighted by Crippen LogP contribution is 2.57. The summed E-state index contributed by atoms with van der Waals surface area (Å²) in [5, 5.41) is 3.91. The first kappa shape index (κ1) is 16.2. The molecule has 1 fully saturated rings. The number of aryl methyl sites for hydroxylation is 1. The van der Waals surface area contributed by atoms with Gasteiger partial charge in [-0.25, -0.2) is 0 Å². The van der Waals surface area contributed by atoms with E-state index in [1.165, 1.54) is 0 Å². The van der Waals surface area contributed by atoms with Gasteiger partial charge in [-0.05, 0) is 43.0 Å². The number of alkyl halides is 3. The molecule has 1 aliphatic carbocycles. The summed E-state index contributed by atoms with van der Waals surface area (Å²) in [6, 6.07) is 5.52. The summed E-state index contributed by atoms with van der Waals surface area (Å²) in [6.45, 7) is 2.02. The predicted octanol–water partition coefficient (Wildman–Crippen LogP) is 4.34. The number of benzene rings is 1. The summed E-state index contributed by atoms with van der Waals surface area (Å²) in [7, 11) is 0. The van der Waals surface area contributed by atoms with Crippen LogP contribution in [0.4, 0.5) is 13.2 Å². The predicted molar refractivity (Wildman–Crippen MR) is 82.3 cm³/mol. The highest BCUT2D eigenvalue weighted by atomic mass is 35.5. The lowest BCUT2D eigenvalue weighted by Crippen LogP contribution is -2.40. The van der Waals surface area contributed by atoms with Crippen LogP contribution in [0.3, 0.4) is 0 Å². The van der Waals surface area contributed by atoms with E-state index < -0.39 is 17.5 Å². The van der Waals surface area contributed by atoms with E-state index in [0.717, 1.165) is 22.9 Å². The van der Waals surface area contributed by atoms with E-state index in [9.17, 15) is 18.0 Å². The van der Waals surface area contributed by atoms with E-state index in [-0.39, 0.29) is 19.4 Å². The number of aromatic amines is 1. The van der Waals surface area contributed by atoms with E-state index in [0.29, 0.717) is 10.7 Å². The van der Waals surface area contributed by atoms with Gasteiger partial charge in [0.15, 0.2) is 0 Å². The van der Waals surface area contributed by atoms with Crippen LogP contribution in [0.5, 0.6) is 0 Å². The molecule has 0 spiro atoms. The van der Waals surface area contributed by atoms with Gasteiger partial charge in [-0.15, -0.1) is 0 Å². The third-order valence-electron chi connectivity index (χ3n) is 4.39. The van der Waals surface area contributed by atoms with E-state index in [1.54, 1.807) is 6.07 Å². The molecule has 2 aromatic rings. The number of fused-ring (bicyclic) bond motifs is 1. The van der Waals surface area contributed by atoms with Crippen molar-refractivity contribution in [2.24, 2.45) is 5.41 Å². The van der Waals surface area contributed by atoms with Crippen molar-refractivity contribution >= 4 is 28.4 Å². The van der Waals surface area contributed by atoms with E-state index in [2.05, 4.69) is 10.3 Å². The molecule has 3 rings (SSSR count). The molecular weight excluding hydrogens is 329 g/mol. The standard InChI is InChI=1S/C16H16ClF3N2O/c1-2-9-7-13-10(6-12(9)17)5-11(22-13)8-21-14(23)15(3-4-15)16(18,19)20/h5-7,22H,2-4,8H2,1H3,(H,21,23). The number of hydrogen-bond donors (Lipinski definition) is 2. The van der Waals surface area contributed by atoms with E-state index in [1.807, 2.05) is 19.1 Å². The summed E-state index contributed by atoms with van der Waals surface area (Å²) in [6.07, 6.45) is -3.97. The zero-order chi connectivity index (χ0) is 16.8. The Labute approximate surface area is 136 Å². The molecule has 1 amide bonds. The smallest absolute Gasteiger partial charge is 0.357 e. The van der Waals surface area contributed by atoms with Crippen LogP contribution in [0.2, 0.25) is 5.02 Å². The van der Waals surface area contributed by atoms with Gasteiger partial charge in [-0.3, -0.25) is 4.79 Å². The van der Waals surface area contributed by atoms with Crippen LogP contribution in [0, 0.1) is 5.41 Å². The molecule has 0 radical (unpaired) electrons. The zero-order valence-electron chi connectivity index (χ0n) is 12.5. The zero-order valence-corrected chi connectivity index (χ0v) is 13.2. The minimum absolute atomic E-state index is 0.0322. The van der Waals surface area contributed by atoms with Gasteiger partial charge < -0.3 is 10.3 Å². The fraction of sp³-hybridized carbons (Fsp3) is 0.438. The number of hydrogen-bond acceptors (Lipinski definition) is 1. The SMILES string of the molecule is CCc1cc2[nH]c(CNC(=O)C3(C(F)(F)F)CC3)cc2cc1Cl. The van der Waals surface area contributed by atoms with Crippen LogP contribution < -0.4 is 5.32 Å². The third kappa shape index (κ3) is 2.80. The number of aromatic nitrogens is 1. The van der Waals surface area contributed by atoms with Crippen molar-refractivity contribution in [1.29, 1.82) is 0 Å². The molecule has 124 valence electrons. The monoisotopic (exact) mass is 344 g/mol. The van der Waals surface area contributed by atoms with Crippen LogP contribution in [0.25, 0.3) is 10.9 Å². The van der Waals surface area contributed by atoms with Crippen LogP contribution in [-0.4, -0.2) is 17.1 Å². The van der Waals surface area contributed by atoms with Crippen molar-refractivity contribution in [2.75, 3.05) is 0 Å². The summed E-state index contributed by atoms with van der Waals surface area (Å²) >= 11 is 6.15. The number of nitrogens with one attached hydrogen (secondary N) is 2. The van der Waals surface area contributed by atoms with Crippen molar-refractivity contribution < 1.29 is 18.0 Å². The van der Waals surface area contributed by atoms with Crippen LogP contribution in [0.15, 0.2) is 18.2 Å². The van der Waals surface area contributed by atoms with Gasteiger partial charge in [0.1, 0.15) is 5.41 Å². The molecule has 1 aliphatic rings. The molecular formula is C16H16ClF3N2O. The highest BCUT2D eigenvalue weighted by molar-refractivity contribution is 6.32. The molecule has 1 aromatic carbocycles. The average molecular weight is 345 g/mol. The van der Waals surface area contributed by atoms with Gasteiger partial charge in [-0.2, -0.15) is 13.2 Å². The Bertz CT molecular complexity index is 763. The average Bonchev–Trinajstić information content (AvgIpc) is 3.21. The molecule has 23 heavy (non-hydrogen) atoms. The molecule has 0 unspecified atom stereocenters. The maximum Gasteiger partial charge on any atom is 0.403 e.